The van der Waals surface area contributed by atoms with Crippen LogP contribution in [0, 0.1) is 34.5 Å². The number of esters is 1. The number of hydrogen-bond acceptors (Lipinski definition) is 9. The van der Waals surface area contributed by atoms with Crippen LogP contribution in [0.1, 0.15) is 106 Å². The largest absolute Gasteiger partial charge is 0.461 e. The molecule has 10 heteroatoms. The smallest absolute Gasteiger partial charge is 0.407 e. The Balaban J connectivity index is 1.29. The van der Waals surface area contributed by atoms with Gasteiger partial charge in [-0.1, -0.05) is 34.1 Å². The van der Waals surface area contributed by atoms with Crippen LogP contribution in [0.4, 0.5) is 4.79 Å². The number of hydrogen-bond donors (Lipinski definition) is 3. The molecule has 4 aliphatic carbocycles. The lowest BCUT2D eigenvalue weighted by Gasteiger charge is -2.63. The lowest BCUT2D eigenvalue weighted by atomic mass is 9.44. The van der Waals surface area contributed by atoms with Gasteiger partial charge in [0.05, 0.1) is 31.2 Å². The Morgan fingerprint density at radius 3 is 2.36 bits per heavy atom. The maximum absolute atomic E-state index is 13.6. The standard InChI is InChI=1S/C34H57NO8S/c1-8-22-17-26(42-27(37)19-44-25-10-9-23(18-24(25)36)35-30(39)43-31(4,5)6)32(7)20(2)11-12-33(21(3)28(22)38)13-14-34(29(32)33)40-15-16-41-34/h20-26,28-29,36,38H,8-19H2,1-7H3,(H,35,39)/t20-,21+,22+,23-,24-,25-,26+,28+,29+,32+,33+/m1/s1. The van der Waals surface area contributed by atoms with Crippen LogP contribution in [-0.2, 0) is 23.7 Å². The second kappa shape index (κ2) is 12.9. The van der Waals surface area contributed by atoms with E-state index in [2.05, 4.69) is 33.0 Å². The molecule has 0 aromatic carbocycles. The second-order valence-electron chi connectivity index (χ2n) is 15.7. The fraction of sp³-hybridized carbons (Fsp3) is 0.941. The van der Waals surface area contributed by atoms with Gasteiger partial charge in [-0.2, -0.15) is 0 Å². The zero-order valence-corrected chi connectivity index (χ0v) is 28.8. The molecule has 2 bridgehead atoms. The summed E-state index contributed by atoms with van der Waals surface area (Å²) in [5, 5.41) is 25.4. The summed E-state index contributed by atoms with van der Waals surface area (Å²) in [6, 6.07) is -0.162. The van der Waals surface area contributed by atoms with Gasteiger partial charge in [0, 0.05) is 29.0 Å². The summed E-state index contributed by atoms with van der Waals surface area (Å²) in [5.74, 6) is -0.356. The molecule has 11 atom stereocenters. The van der Waals surface area contributed by atoms with Gasteiger partial charge in [0.25, 0.3) is 0 Å². The van der Waals surface area contributed by atoms with E-state index >= 15 is 0 Å². The molecule has 0 aromatic rings. The highest BCUT2D eigenvalue weighted by Gasteiger charge is 2.73. The molecule has 5 fully saturated rings. The number of nitrogens with one attached hydrogen (secondary N) is 1. The van der Waals surface area contributed by atoms with Crippen LogP contribution in [-0.4, -0.2) is 82.2 Å². The van der Waals surface area contributed by atoms with Gasteiger partial charge >= 0.3 is 12.1 Å². The van der Waals surface area contributed by atoms with Crippen molar-refractivity contribution in [1.29, 1.82) is 0 Å². The van der Waals surface area contributed by atoms with Gasteiger partial charge in [0.15, 0.2) is 5.79 Å². The average molecular weight is 640 g/mol. The molecular formula is C34H57NO8S. The first kappa shape index (κ1) is 34.3. The van der Waals surface area contributed by atoms with Crippen LogP contribution in [0.5, 0.6) is 0 Å². The number of ether oxygens (including phenoxy) is 4. The van der Waals surface area contributed by atoms with Crippen molar-refractivity contribution in [2.24, 2.45) is 34.5 Å². The zero-order chi connectivity index (χ0) is 32.1. The molecule has 0 unspecified atom stereocenters. The minimum atomic E-state index is -0.689. The van der Waals surface area contributed by atoms with E-state index in [0.29, 0.717) is 44.8 Å². The van der Waals surface area contributed by atoms with Crippen LogP contribution in [0.3, 0.4) is 0 Å². The topological polar surface area (TPSA) is 124 Å². The SMILES string of the molecule is CC[C@H]1C[C@H](OC(=O)CS[C@@H]2CC[C@@H](NC(=O)OC(C)(C)C)C[C@H]2O)[C@]2(C)[C@H](C)CC[C@]3(CCC4(OCCO4)[C@H]32)[C@@H](C)[C@@H]1O. The molecule has 5 rings (SSSR count). The van der Waals surface area contributed by atoms with E-state index in [4.69, 9.17) is 18.9 Å². The molecule has 3 N–H and O–H groups in total. The molecule has 4 saturated carbocycles. The van der Waals surface area contributed by atoms with Crippen molar-refractivity contribution in [3.63, 3.8) is 0 Å². The van der Waals surface area contributed by atoms with E-state index in [9.17, 15) is 19.8 Å². The predicted molar refractivity (Wildman–Crippen MR) is 169 cm³/mol. The first-order valence-corrected chi connectivity index (χ1v) is 18.1. The van der Waals surface area contributed by atoms with Gasteiger partial charge in [-0.3, -0.25) is 4.79 Å². The number of carbonyl (C=O) groups excluding carboxylic acids is 2. The summed E-state index contributed by atoms with van der Waals surface area (Å²) in [7, 11) is 0. The van der Waals surface area contributed by atoms with Crippen molar-refractivity contribution >= 4 is 23.8 Å². The van der Waals surface area contributed by atoms with Crippen LogP contribution in [0.2, 0.25) is 0 Å². The van der Waals surface area contributed by atoms with E-state index < -0.39 is 29.7 Å². The summed E-state index contributed by atoms with van der Waals surface area (Å²) in [4.78, 5) is 25.8. The van der Waals surface area contributed by atoms with Gasteiger partial charge < -0.3 is 34.5 Å². The first-order chi connectivity index (χ1) is 20.6. The second-order valence-corrected chi connectivity index (χ2v) is 16.9. The lowest BCUT2D eigenvalue weighted by Crippen LogP contribution is -2.65. The molecule has 0 aromatic heterocycles. The summed E-state index contributed by atoms with van der Waals surface area (Å²) in [6.45, 7) is 15.6. The van der Waals surface area contributed by atoms with Gasteiger partial charge in [0.1, 0.15) is 11.7 Å². The third kappa shape index (κ3) is 6.28. The fourth-order valence-electron chi connectivity index (χ4n) is 9.87. The molecule has 1 heterocycles. The number of rotatable bonds is 6. The van der Waals surface area contributed by atoms with Crippen molar-refractivity contribution in [2.45, 2.75) is 147 Å². The maximum Gasteiger partial charge on any atom is 0.407 e. The first-order valence-electron chi connectivity index (χ1n) is 17.1. The molecule has 1 amide bonds. The Kier molecular flexibility index (Phi) is 10.0. The summed E-state index contributed by atoms with van der Waals surface area (Å²) in [6.07, 6.45) is 5.10. The molecule has 0 radical (unpaired) electrons. The molecule has 5 aliphatic rings. The number of aliphatic hydroxyl groups is 2. The molecule has 1 aliphatic heterocycles. The van der Waals surface area contributed by atoms with E-state index in [0.717, 1.165) is 32.1 Å². The van der Waals surface area contributed by atoms with Gasteiger partial charge in [-0.15, -0.1) is 11.8 Å². The quantitative estimate of drug-likeness (QED) is 0.326. The zero-order valence-electron chi connectivity index (χ0n) is 27.9. The number of carbonyl (C=O) groups is 2. The van der Waals surface area contributed by atoms with Crippen LogP contribution < -0.4 is 5.32 Å². The average Bonchev–Trinajstić information content (AvgIpc) is 3.56. The van der Waals surface area contributed by atoms with Gasteiger partial charge in [0.2, 0.25) is 0 Å². The summed E-state index contributed by atoms with van der Waals surface area (Å²) < 4.78 is 24.9. The monoisotopic (exact) mass is 639 g/mol. The fourth-order valence-corrected chi connectivity index (χ4v) is 10.9. The molecule has 252 valence electrons. The van der Waals surface area contributed by atoms with Crippen molar-refractivity contribution < 1.29 is 38.7 Å². The highest BCUT2D eigenvalue weighted by atomic mass is 32.2. The minimum absolute atomic E-state index is 0.0243. The molecule has 1 saturated heterocycles. The maximum atomic E-state index is 13.6. The minimum Gasteiger partial charge on any atom is -0.461 e. The number of thioether (sulfide) groups is 1. The highest BCUT2D eigenvalue weighted by molar-refractivity contribution is 8.00. The molecule has 1 spiro atoms. The van der Waals surface area contributed by atoms with E-state index in [-0.39, 0.29) is 57.7 Å². The Labute approximate surface area is 268 Å². The molecule has 44 heavy (non-hydrogen) atoms. The van der Waals surface area contributed by atoms with E-state index in [1.807, 2.05) is 20.8 Å². The third-order valence-corrected chi connectivity index (χ3v) is 13.6. The number of amides is 1. The summed E-state index contributed by atoms with van der Waals surface area (Å²) >= 11 is 1.44. The number of aliphatic hydroxyl groups excluding tert-OH is 2. The van der Waals surface area contributed by atoms with Crippen molar-refractivity contribution in [3.05, 3.63) is 0 Å². The van der Waals surface area contributed by atoms with Crippen LogP contribution >= 0.6 is 11.8 Å². The van der Waals surface area contributed by atoms with Crippen LogP contribution in [0.25, 0.3) is 0 Å². The molecule has 9 nitrogen and oxygen atoms in total. The van der Waals surface area contributed by atoms with Gasteiger partial charge in [-0.05, 0) is 88.9 Å². The summed E-state index contributed by atoms with van der Waals surface area (Å²) in [5.41, 5.74) is -1.08. The third-order valence-electron chi connectivity index (χ3n) is 12.3. The van der Waals surface area contributed by atoms with Crippen molar-refractivity contribution in [2.75, 3.05) is 19.0 Å². The van der Waals surface area contributed by atoms with E-state index in [1.54, 1.807) is 0 Å². The number of alkyl carbamates (subject to hydrolysis) is 1. The lowest BCUT2D eigenvalue weighted by molar-refractivity contribution is -0.280. The predicted octanol–water partition coefficient (Wildman–Crippen LogP) is 5.44. The van der Waals surface area contributed by atoms with Gasteiger partial charge in [-0.25, -0.2) is 4.79 Å². The van der Waals surface area contributed by atoms with Crippen molar-refractivity contribution in [1.82, 2.24) is 5.32 Å². The highest BCUT2D eigenvalue weighted by Crippen LogP contribution is 2.72. The molecular weight excluding hydrogens is 582 g/mol. The Bertz CT molecular complexity index is 1040. The van der Waals surface area contributed by atoms with Crippen LogP contribution in [0.15, 0.2) is 0 Å². The normalized spacial score (nSPS) is 43.5. The Hall–Kier alpha value is -1.07. The van der Waals surface area contributed by atoms with Crippen molar-refractivity contribution in [3.8, 4) is 0 Å². The Morgan fingerprint density at radius 2 is 1.73 bits per heavy atom. The Morgan fingerprint density at radius 1 is 1.02 bits per heavy atom. The van der Waals surface area contributed by atoms with E-state index in [1.165, 1.54) is 11.8 Å².